The van der Waals surface area contributed by atoms with Crippen LogP contribution in [0.25, 0.3) is 0 Å². The third kappa shape index (κ3) is 7.04. The van der Waals surface area contributed by atoms with Gasteiger partial charge in [-0.1, -0.05) is 30.1 Å². The lowest BCUT2D eigenvalue weighted by atomic mass is 10.0. The number of nitrogens with one attached hydrogen (secondary N) is 2. The molecule has 0 radical (unpaired) electrons. The molecular formula is C23H28Cl2N2O4. The number of benzene rings is 2. The van der Waals surface area contributed by atoms with Gasteiger partial charge < -0.3 is 20.1 Å². The van der Waals surface area contributed by atoms with Crippen LogP contribution in [-0.2, 0) is 9.59 Å². The summed E-state index contributed by atoms with van der Waals surface area (Å²) in [6.45, 7) is 5.65. The molecule has 0 spiro atoms. The standard InChI is InChI=1S/C23H28Cl2N2O4/c1-13(8-23(29)27-19-10-15(3)17(25)12-21(19)31-5)6-7-22(28)26-18-9-14(2)16(24)11-20(18)30-4/h9-13H,6-8H2,1-5H3,(H,26,28)(H,27,29). The molecule has 0 aromatic heterocycles. The number of hydrogen-bond acceptors (Lipinski definition) is 4. The Kier molecular flexibility index (Phi) is 9.01. The number of halogens is 2. The first-order valence-electron chi connectivity index (χ1n) is 9.92. The Morgan fingerprint density at radius 3 is 1.77 bits per heavy atom. The van der Waals surface area contributed by atoms with Crippen LogP contribution in [0.4, 0.5) is 11.4 Å². The molecule has 2 rings (SSSR count). The molecule has 2 amide bonds. The zero-order chi connectivity index (χ0) is 23.1. The molecule has 0 saturated heterocycles. The zero-order valence-corrected chi connectivity index (χ0v) is 19.9. The minimum Gasteiger partial charge on any atom is -0.495 e. The van der Waals surface area contributed by atoms with Gasteiger partial charge in [0.15, 0.2) is 0 Å². The Hall–Kier alpha value is -2.44. The maximum absolute atomic E-state index is 12.4. The highest BCUT2D eigenvalue weighted by atomic mass is 35.5. The van der Waals surface area contributed by atoms with Gasteiger partial charge in [-0.2, -0.15) is 0 Å². The van der Waals surface area contributed by atoms with Gasteiger partial charge in [0.25, 0.3) is 0 Å². The molecule has 2 aromatic rings. The van der Waals surface area contributed by atoms with E-state index in [4.69, 9.17) is 32.7 Å². The fraction of sp³-hybridized carbons (Fsp3) is 0.391. The minimum atomic E-state index is -0.151. The number of ether oxygens (including phenoxy) is 2. The lowest BCUT2D eigenvalue weighted by Gasteiger charge is -2.15. The highest BCUT2D eigenvalue weighted by Crippen LogP contribution is 2.32. The second-order valence-corrected chi connectivity index (χ2v) is 8.36. The average Bonchev–Trinajstić information content (AvgIpc) is 2.71. The Morgan fingerprint density at radius 2 is 1.32 bits per heavy atom. The van der Waals surface area contributed by atoms with Crippen LogP contribution >= 0.6 is 23.2 Å². The molecule has 0 aliphatic heterocycles. The first-order valence-corrected chi connectivity index (χ1v) is 10.7. The van der Waals surface area contributed by atoms with E-state index in [9.17, 15) is 9.59 Å². The van der Waals surface area contributed by atoms with Crippen molar-refractivity contribution in [3.63, 3.8) is 0 Å². The van der Waals surface area contributed by atoms with Crippen LogP contribution in [0.15, 0.2) is 24.3 Å². The largest absolute Gasteiger partial charge is 0.495 e. The van der Waals surface area contributed by atoms with E-state index in [1.165, 1.54) is 14.2 Å². The van der Waals surface area contributed by atoms with Crippen molar-refractivity contribution in [1.29, 1.82) is 0 Å². The molecule has 0 bridgehead atoms. The predicted octanol–water partition coefficient (Wildman–Crippen LogP) is 6.01. The Morgan fingerprint density at radius 1 is 0.871 bits per heavy atom. The van der Waals surface area contributed by atoms with Crippen molar-refractivity contribution in [3.05, 3.63) is 45.4 Å². The minimum absolute atomic E-state index is 0.0130. The van der Waals surface area contributed by atoms with Gasteiger partial charge in [0, 0.05) is 35.0 Å². The van der Waals surface area contributed by atoms with Gasteiger partial charge in [-0.15, -0.1) is 0 Å². The molecule has 0 aliphatic rings. The molecule has 0 aliphatic carbocycles. The Labute approximate surface area is 193 Å². The molecule has 31 heavy (non-hydrogen) atoms. The number of methoxy groups -OCH3 is 2. The molecule has 6 nitrogen and oxygen atoms in total. The van der Waals surface area contributed by atoms with Crippen molar-refractivity contribution in [3.8, 4) is 11.5 Å². The number of hydrogen-bond donors (Lipinski definition) is 2. The lowest BCUT2D eigenvalue weighted by molar-refractivity contribution is -0.118. The molecule has 0 saturated carbocycles. The van der Waals surface area contributed by atoms with Crippen LogP contribution in [0.2, 0.25) is 10.0 Å². The van der Waals surface area contributed by atoms with E-state index >= 15 is 0 Å². The first kappa shape index (κ1) is 24.8. The highest BCUT2D eigenvalue weighted by Gasteiger charge is 2.16. The van der Waals surface area contributed by atoms with Crippen molar-refractivity contribution in [2.75, 3.05) is 24.9 Å². The van der Waals surface area contributed by atoms with E-state index < -0.39 is 0 Å². The summed E-state index contributed by atoms with van der Waals surface area (Å²) in [5.41, 5.74) is 2.83. The van der Waals surface area contributed by atoms with Gasteiger partial charge in [-0.3, -0.25) is 9.59 Å². The summed E-state index contributed by atoms with van der Waals surface area (Å²) >= 11 is 12.2. The Bertz CT molecular complexity index is 963. The summed E-state index contributed by atoms with van der Waals surface area (Å²) in [6, 6.07) is 6.90. The summed E-state index contributed by atoms with van der Waals surface area (Å²) in [4.78, 5) is 24.8. The molecule has 8 heteroatoms. The number of rotatable bonds is 9. The topological polar surface area (TPSA) is 76.7 Å². The second kappa shape index (κ2) is 11.3. The van der Waals surface area contributed by atoms with Gasteiger partial charge >= 0.3 is 0 Å². The second-order valence-electron chi connectivity index (χ2n) is 7.55. The summed E-state index contributed by atoms with van der Waals surface area (Å²) < 4.78 is 10.6. The van der Waals surface area contributed by atoms with Gasteiger partial charge in [0.1, 0.15) is 11.5 Å². The van der Waals surface area contributed by atoms with Crippen LogP contribution in [0.1, 0.15) is 37.3 Å². The van der Waals surface area contributed by atoms with E-state index in [1.807, 2.05) is 20.8 Å². The summed E-state index contributed by atoms with van der Waals surface area (Å²) in [5.74, 6) is 0.718. The van der Waals surface area contributed by atoms with Gasteiger partial charge in [-0.25, -0.2) is 0 Å². The van der Waals surface area contributed by atoms with E-state index in [1.54, 1.807) is 24.3 Å². The molecule has 1 unspecified atom stereocenters. The van der Waals surface area contributed by atoms with E-state index in [-0.39, 0.29) is 30.6 Å². The summed E-state index contributed by atoms with van der Waals surface area (Å²) in [7, 11) is 3.05. The van der Waals surface area contributed by atoms with Gasteiger partial charge in [0.05, 0.1) is 25.6 Å². The van der Waals surface area contributed by atoms with Gasteiger partial charge in [-0.05, 0) is 49.4 Å². The van der Waals surface area contributed by atoms with Crippen LogP contribution in [-0.4, -0.2) is 26.0 Å². The predicted molar refractivity (Wildman–Crippen MR) is 126 cm³/mol. The first-order chi connectivity index (χ1) is 14.6. The number of anilines is 2. The molecular weight excluding hydrogens is 439 g/mol. The van der Waals surface area contributed by atoms with E-state index in [2.05, 4.69) is 10.6 Å². The quantitative estimate of drug-likeness (QED) is 0.474. The fourth-order valence-electron chi connectivity index (χ4n) is 3.07. The van der Waals surface area contributed by atoms with Gasteiger partial charge in [0.2, 0.25) is 11.8 Å². The zero-order valence-electron chi connectivity index (χ0n) is 18.4. The number of carbonyl (C=O) groups is 2. The molecule has 168 valence electrons. The maximum atomic E-state index is 12.4. The number of amides is 2. The van der Waals surface area contributed by atoms with Crippen LogP contribution in [0.5, 0.6) is 11.5 Å². The Balaban J connectivity index is 1.89. The van der Waals surface area contributed by atoms with E-state index in [0.717, 1.165) is 11.1 Å². The van der Waals surface area contributed by atoms with Crippen LogP contribution < -0.4 is 20.1 Å². The molecule has 0 fully saturated rings. The van der Waals surface area contributed by atoms with Crippen LogP contribution in [0, 0.1) is 19.8 Å². The molecule has 2 N–H and O–H groups in total. The van der Waals surface area contributed by atoms with Crippen molar-refractivity contribution in [2.45, 2.75) is 40.0 Å². The van der Waals surface area contributed by atoms with Crippen molar-refractivity contribution in [2.24, 2.45) is 5.92 Å². The molecule has 0 heterocycles. The lowest BCUT2D eigenvalue weighted by Crippen LogP contribution is -2.18. The van der Waals surface area contributed by atoms with Crippen molar-refractivity contribution < 1.29 is 19.1 Å². The van der Waals surface area contributed by atoms with Crippen LogP contribution in [0.3, 0.4) is 0 Å². The fourth-order valence-corrected chi connectivity index (χ4v) is 3.38. The summed E-state index contributed by atoms with van der Waals surface area (Å²) in [6.07, 6.45) is 1.12. The molecule has 1 atom stereocenters. The number of carbonyl (C=O) groups excluding carboxylic acids is 2. The monoisotopic (exact) mass is 466 g/mol. The average molecular weight is 467 g/mol. The van der Waals surface area contributed by atoms with E-state index in [0.29, 0.717) is 39.3 Å². The van der Waals surface area contributed by atoms with Crippen molar-refractivity contribution in [1.82, 2.24) is 0 Å². The third-order valence-electron chi connectivity index (χ3n) is 4.91. The maximum Gasteiger partial charge on any atom is 0.224 e. The van der Waals surface area contributed by atoms with Crippen molar-refractivity contribution >= 4 is 46.4 Å². The smallest absolute Gasteiger partial charge is 0.224 e. The third-order valence-corrected chi connectivity index (χ3v) is 5.72. The normalized spacial score (nSPS) is 11.6. The molecule has 2 aromatic carbocycles. The SMILES string of the molecule is COc1cc(Cl)c(C)cc1NC(=O)CCC(C)CC(=O)Nc1cc(C)c(Cl)cc1OC. The number of aryl methyl sites for hydroxylation is 2. The highest BCUT2D eigenvalue weighted by molar-refractivity contribution is 6.32. The summed E-state index contributed by atoms with van der Waals surface area (Å²) in [5, 5.41) is 6.86.